The lowest BCUT2D eigenvalue weighted by molar-refractivity contribution is -0.385. The first-order valence-electron chi connectivity index (χ1n) is 7.43. The number of benzene rings is 3. The van der Waals surface area contributed by atoms with Crippen LogP contribution < -0.4 is 10.1 Å². The standard InChI is InChI=1S/C18H14N2O5/c21-15-10-9-12-5-1-2-6-13(12)18(15)19-17(22)11-25-16-8-4-3-7-14(16)20(23)24/h1-10,21H,11H2,(H,19,22). The fraction of sp³-hybridized carbons (Fsp3) is 0.0556. The number of nitrogens with zero attached hydrogens (tertiary/aromatic N) is 1. The van der Waals surface area contributed by atoms with Crippen molar-refractivity contribution in [3.63, 3.8) is 0 Å². The molecule has 0 aliphatic carbocycles. The molecule has 3 rings (SSSR count). The van der Waals surface area contributed by atoms with Crippen molar-refractivity contribution in [3.05, 3.63) is 70.8 Å². The molecule has 0 fully saturated rings. The van der Waals surface area contributed by atoms with Gasteiger partial charge < -0.3 is 15.2 Å². The summed E-state index contributed by atoms with van der Waals surface area (Å²) in [4.78, 5) is 22.5. The van der Waals surface area contributed by atoms with Gasteiger partial charge in [-0.2, -0.15) is 0 Å². The zero-order valence-corrected chi connectivity index (χ0v) is 13.0. The number of rotatable bonds is 5. The molecule has 0 bridgehead atoms. The van der Waals surface area contributed by atoms with Crippen molar-refractivity contribution in [2.45, 2.75) is 0 Å². The Kier molecular flexibility index (Phi) is 4.47. The maximum atomic E-state index is 12.1. The Morgan fingerprint density at radius 3 is 2.60 bits per heavy atom. The predicted octanol–water partition coefficient (Wildman–Crippen LogP) is 3.47. The van der Waals surface area contributed by atoms with Crippen molar-refractivity contribution >= 4 is 28.1 Å². The molecule has 0 aliphatic rings. The van der Waals surface area contributed by atoms with Crippen molar-refractivity contribution in [2.24, 2.45) is 0 Å². The molecule has 0 aromatic heterocycles. The van der Waals surface area contributed by atoms with E-state index < -0.39 is 17.4 Å². The van der Waals surface area contributed by atoms with Crippen LogP contribution in [0.1, 0.15) is 0 Å². The van der Waals surface area contributed by atoms with Crippen LogP contribution >= 0.6 is 0 Å². The molecule has 0 unspecified atom stereocenters. The van der Waals surface area contributed by atoms with Gasteiger partial charge in [-0.05, 0) is 17.5 Å². The van der Waals surface area contributed by atoms with Gasteiger partial charge in [0.05, 0.1) is 10.6 Å². The summed E-state index contributed by atoms with van der Waals surface area (Å²) in [5, 5.41) is 25.1. The van der Waals surface area contributed by atoms with Crippen molar-refractivity contribution in [1.29, 1.82) is 0 Å². The summed E-state index contributed by atoms with van der Waals surface area (Å²) < 4.78 is 5.25. The first kappa shape index (κ1) is 16.3. The van der Waals surface area contributed by atoms with E-state index in [9.17, 15) is 20.0 Å². The number of fused-ring (bicyclic) bond motifs is 1. The Balaban J connectivity index is 1.76. The minimum Gasteiger partial charge on any atom is -0.506 e. The Hall–Kier alpha value is -3.61. The van der Waals surface area contributed by atoms with Crippen LogP contribution in [-0.2, 0) is 4.79 Å². The zero-order valence-electron chi connectivity index (χ0n) is 13.0. The molecule has 7 heteroatoms. The number of phenols is 1. The minimum atomic E-state index is -0.580. The van der Waals surface area contributed by atoms with Crippen LogP contribution in [0, 0.1) is 10.1 Å². The van der Waals surface area contributed by atoms with E-state index in [2.05, 4.69) is 5.32 Å². The van der Waals surface area contributed by atoms with Gasteiger partial charge in [-0.1, -0.05) is 42.5 Å². The molecule has 0 heterocycles. The Morgan fingerprint density at radius 1 is 1.08 bits per heavy atom. The summed E-state index contributed by atoms with van der Waals surface area (Å²) in [7, 11) is 0. The predicted molar refractivity (Wildman–Crippen MR) is 92.8 cm³/mol. The Bertz CT molecular complexity index is 955. The number of nitrogens with one attached hydrogen (secondary N) is 1. The minimum absolute atomic E-state index is 0.00444. The molecule has 0 aliphatic heterocycles. The van der Waals surface area contributed by atoms with Gasteiger partial charge >= 0.3 is 5.69 Å². The van der Waals surface area contributed by atoms with E-state index in [1.807, 2.05) is 12.1 Å². The van der Waals surface area contributed by atoms with Crippen LogP contribution in [0.2, 0.25) is 0 Å². The van der Waals surface area contributed by atoms with Crippen LogP contribution in [0.5, 0.6) is 11.5 Å². The molecule has 0 radical (unpaired) electrons. The molecule has 3 aromatic carbocycles. The maximum absolute atomic E-state index is 12.1. The fourth-order valence-corrected chi connectivity index (χ4v) is 2.44. The average molecular weight is 338 g/mol. The molecule has 1 amide bonds. The van der Waals surface area contributed by atoms with Gasteiger partial charge in [-0.25, -0.2) is 0 Å². The summed E-state index contributed by atoms with van der Waals surface area (Å²) in [6.07, 6.45) is 0. The van der Waals surface area contributed by atoms with Gasteiger partial charge in [-0.3, -0.25) is 14.9 Å². The molecule has 126 valence electrons. The first-order chi connectivity index (χ1) is 12.1. The van der Waals surface area contributed by atoms with E-state index in [4.69, 9.17) is 4.74 Å². The third kappa shape index (κ3) is 3.50. The number of phenolic OH excluding ortho intramolecular Hbond substituents is 1. The maximum Gasteiger partial charge on any atom is 0.310 e. The van der Waals surface area contributed by atoms with Crippen LogP contribution in [0.4, 0.5) is 11.4 Å². The van der Waals surface area contributed by atoms with Gasteiger partial charge in [0.2, 0.25) is 0 Å². The normalized spacial score (nSPS) is 10.4. The first-order valence-corrected chi connectivity index (χ1v) is 7.43. The van der Waals surface area contributed by atoms with E-state index >= 15 is 0 Å². The number of para-hydroxylation sites is 2. The smallest absolute Gasteiger partial charge is 0.310 e. The monoisotopic (exact) mass is 338 g/mol. The number of carbonyl (C=O) groups is 1. The second kappa shape index (κ2) is 6.88. The van der Waals surface area contributed by atoms with E-state index in [0.717, 1.165) is 5.39 Å². The molecule has 0 spiro atoms. The number of anilines is 1. The molecular weight excluding hydrogens is 324 g/mol. The lowest BCUT2D eigenvalue weighted by atomic mass is 10.1. The summed E-state index contributed by atoms with van der Waals surface area (Å²) in [5.41, 5.74) is 0.0533. The third-order valence-corrected chi connectivity index (χ3v) is 3.59. The second-order valence-corrected chi connectivity index (χ2v) is 5.24. The summed E-state index contributed by atoms with van der Waals surface area (Å²) in [6, 6.07) is 16.3. The number of ether oxygens (including phenoxy) is 1. The number of amides is 1. The second-order valence-electron chi connectivity index (χ2n) is 5.24. The molecule has 0 atom stereocenters. The van der Waals surface area contributed by atoms with E-state index in [-0.39, 0.29) is 22.9 Å². The summed E-state index contributed by atoms with van der Waals surface area (Å²) in [5.74, 6) is -0.604. The Morgan fingerprint density at radius 2 is 1.80 bits per heavy atom. The van der Waals surface area contributed by atoms with Crippen LogP contribution in [0.3, 0.4) is 0 Å². The summed E-state index contributed by atoms with van der Waals surface area (Å²) >= 11 is 0. The topological polar surface area (TPSA) is 102 Å². The van der Waals surface area contributed by atoms with Crippen LogP contribution in [0.25, 0.3) is 10.8 Å². The Labute approximate surface area is 142 Å². The molecule has 25 heavy (non-hydrogen) atoms. The number of nitro benzene ring substituents is 1. The van der Waals surface area contributed by atoms with E-state index in [0.29, 0.717) is 5.39 Å². The van der Waals surface area contributed by atoms with Gasteiger partial charge in [0.1, 0.15) is 5.75 Å². The van der Waals surface area contributed by atoms with E-state index in [1.54, 1.807) is 24.3 Å². The number of hydrogen-bond acceptors (Lipinski definition) is 5. The van der Waals surface area contributed by atoms with Gasteiger partial charge in [0.15, 0.2) is 12.4 Å². The number of nitro groups is 1. The highest BCUT2D eigenvalue weighted by atomic mass is 16.6. The third-order valence-electron chi connectivity index (χ3n) is 3.59. The summed E-state index contributed by atoms with van der Waals surface area (Å²) in [6.45, 7) is -0.423. The number of aromatic hydroxyl groups is 1. The van der Waals surface area contributed by atoms with Crippen LogP contribution in [0.15, 0.2) is 60.7 Å². The number of hydrogen-bond donors (Lipinski definition) is 2. The fourth-order valence-electron chi connectivity index (χ4n) is 2.44. The van der Waals surface area contributed by atoms with Crippen LogP contribution in [-0.4, -0.2) is 22.5 Å². The molecular formula is C18H14N2O5. The molecule has 3 aromatic rings. The molecule has 0 saturated carbocycles. The van der Waals surface area contributed by atoms with Crippen molar-refractivity contribution in [2.75, 3.05) is 11.9 Å². The molecule has 2 N–H and O–H groups in total. The SMILES string of the molecule is O=C(COc1ccccc1[N+](=O)[O-])Nc1c(O)ccc2ccccc12. The van der Waals surface area contributed by atoms with Crippen molar-refractivity contribution in [1.82, 2.24) is 0 Å². The highest BCUT2D eigenvalue weighted by Crippen LogP contribution is 2.32. The van der Waals surface area contributed by atoms with Gasteiger partial charge in [0, 0.05) is 11.5 Å². The lowest BCUT2D eigenvalue weighted by Crippen LogP contribution is -2.20. The largest absolute Gasteiger partial charge is 0.506 e. The zero-order chi connectivity index (χ0) is 17.8. The van der Waals surface area contributed by atoms with E-state index in [1.165, 1.54) is 24.3 Å². The van der Waals surface area contributed by atoms with Gasteiger partial charge in [-0.15, -0.1) is 0 Å². The number of carbonyl (C=O) groups excluding carboxylic acids is 1. The quantitative estimate of drug-likeness (QED) is 0.421. The molecule has 7 nitrogen and oxygen atoms in total. The molecule has 0 saturated heterocycles. The lowest BCUT2D eigenvalue weighted by Gasteiger charge is -2.11. The highest BCUT2D eigenvalue weighted by molar-refractivity contribution is 6.04. The van der Waals surface area contributed by atoms with Gasteiger partial charge in [0.25, 0.3) is 5.91 Å². The van der Waals surface area contributed by atoms with Crippen molar-refractivity contribution < 1.29 is 19.6 Å². The average Bonchev–Trinajstić information content (AvgIpc) is 2.62. The van der Waals surface area contributed by atoms with Crippen molar-refractivity contribution in [3.8, 4) is 11.5 Å². The highest BCUT2D eigenvalue weighted by Gasteiger charge is 2.16.